The van der Waals surface area contributed by atoms with Crippen LogP contribution in [0.25, 0.3) is 11.3 Å². The number of aromatic nitrogens is 2. The number of hydrogen-bond acceptors (Lipinski definition) is 6. The molecule has 0 fully saturated rings. The molecule has 138 valence electrons. The fraction of sp³-hybridized carbons (Fsp3) is 0.190. The Kier molecular flexibility index (Phi) is 5.66. The van der Waals surface area contributed by atoms with Crippen molar-refractivity contribution in [1.29, 1.82) is 0 Å². The first-order chi connectivity index (χ1) is 13.0. The number of ether oxygens (including phenoxy) is 1. The van der Waals surface area contributed by atoms with E-state index in [0.717, 1.165) is 16.9 Å². The second-order valence-corrected chi connectivity index (χ2v) is 6.32. The van der Waals surface area contributed by atoms with Crippen molar-refractivity contribution in [3.05, 3.63) is 66.2 Å². The molecule has 3 aromatic rings. The van der Waals surface area contributed by atoms with Gasteiger partial charge in [0.05, 0.1) is 18.4 Å². The highest BCUT2D eigenvalue weighted by atomic mass is 16.5. The molecule has 0 radical (unpaired) electrons. The van der Waals surface area contributed by atoms with Crippen molar-refractivity contribution in [2.75, 3.05) is 17.7 Å². The Balaban J connectivity index is 1.90. The molecule has 2 N–H and O–H groups in total. The van der Waals surface area contributed by atoms with E-state index in [2.05, 4.69) is 20.6 Å². The molecule has 0 amide bonds. The van der Waals surface area contributed by atoms with Crippen molar-refractivity contribution in [1.82, 2.24) is 9.97 Å². The Morgan fingerprint density at radius 3 is 2.33 bits per heavy atom. The van der Waals surface area contributed by atoms with Gasteiger partial charge in [-0.3, -0.25) is 0 Å². The number of methoxy groups -OCH3 is 1. The first-order valence-corrected chi connectivity index (χ1v) is 8.71. The molecule has 0 saturated carbocycles. The Morgan fingerprint density at radius 2 is 1.70 bits per heavy atom. The number of carbonyl (C=O) groups excluding carboxylic acids is 1. The standard InChI is InChI=1S/C21H22N4O2/c1-14(2)22-21-24-18(15-7-5-4-6-8-15)13-19(25-21)23-17-11-9-16(10-12-17)20(26)27-3/h4-14H,1-3H3,(H2,22,23,24,25). The number of hydrogen-bond donors (Lipinski definition) is 2. The number of nitrogens with zero attached hydrogens (tertiary/aromatic N) is 2. The van der Waals surface area contributed by atoms with Gasteiger partial charge in [-0.25, -0.2) is 9.78 Å². The van der Waals surface area contributed by atoms with Crippen LogP contribution < -0.4 is 10.6 Å². The summed E-state index contributed by atoms with van der Waals surface area (Å²) in [7, 11) is 1.36. The zero-order valence-corrected chi connectivity index (χ0v) is 15.6. The molecule has 6 nitrogen and oxygen atoms in total. The highest BCUT2D eigenvalue weighted by Crippen LogP contribution is 2.24. The number of benzene rings is 2. The lowest BCUT2D eigenvalue weighted by Crippen LogP contribution is -2.13. The van der Waals surface area contributed by atoms with Crippen molar-refractivity contribution < 1.29 is 9.53 Å². The second-order valence-electron chi connectivity index (χ2n) is 6.32. The van der Waals surface area contributed by atoms with Crippen LogP contribution in [0, 0.1) is 0 Å². The van der Waals surface area contributed by atoms with Crippen molar-refractivity contribution in [2.24, 2.45) is 0 Å². The van der Waals surface area contributed by atoms with E-state index >= 15 is 0 Å². The number of carbonyl (C=O) groups is 1. The van der Waals surface area contributed by atoms with Gasteiger partial charge in [-0.2, -0.15) is 4.98 Å². The summed E-state index contributed by atoms with van der Waals surface area (Å²) in [5.74, 6) is 0.858. The van der Waals surface area contributed by atoms with Crippen molar-refractivity contribution in [2.45, 2.75) is 19.9 Å². The van der Waals surface area contributed by atoms with E-state index in [1.807, 2.05) is 62.4 Å². The fourth-order valence-corrected chi connectivity index (χ4v) is 2.55. The van der Waals surface area contributed by atoms with E-state index in [4.69, 9.17) is 4.74 Å². The summed E-state index contributed by atoms with van der Waals surface area (Å²) in [4.78, 5) is 20.7. The van der Waals surface area contributed by atoms with Gasteiger partial charge in [0, 0.05) is 23.4 Å². The molecule has 0 aliphatic heterocycles. The number of anilines is 3. The van der Waals surface area contributed by atoms with Gasteiger partial charge >= 0.3 is 5.97 Å². The van der Waals surface area contributed by atoms with Gasteiger partial charge in [0.15, 0.2) is 0 Å². The summed E-state index contributed by atoms with van der Waals surface area (Å²) in [5, 5.41) is 6.52. The predicted octanol–water partition coefficient (Wildman–Crippen LogP) is 4.49. The molecule has 0 atom stereocenters. The van der Waals surface area contributed by atoms with Crippen molar-refractivity contribution in [3.8, 4) is 11.3 Å². The zero-order chi connectivity index (χ0) is 19.2. The fourth-order valence-electron chi connectivity index (χ4n) is 2.55. The lowest BCUT2D eigenvalue weighted by molar-refractivity contribution is 0.0601. The molecule has 2 aromatic carbocycles. The predicted molar refractivity (Wildman–Crippen MR) is 107 cm³/mol. The molecular formula is C21H22N4O2. The Morgan fingerprint density at radius 1 is 1.00 bits per heavy atom. The lowest BCUT2D eigenvalue weighted by Gasteiger charge is -2.13. The molecule has 27 heavy (non-hydrogen) atoms. The molecular weight excluding hydrogens is 340 g/mol. The summed E-state index contributed by atoms with van der Waals surface area (Å²) in [6, 6.07) is 19.1. The maximum absolute atomic E-state index is 11.6. The van der Waals surface area contributed by atoms with Gasteiger partial charge in [0.1, 0.15) is 5.82 Å². The normalized spacial score (nSPS) is 10.5. The topological polar surface area (TPSA) is 76.1 Å². The third-order valence-corrected chi connectivity index (χ3v) is 3.79. The average molecular weight is 362 g/mol. The lowest BCUT2D eigenvalue weighted by atomic mass is 10.1. The molecule has 0 aliphatic rings. The Hall–Kier alpha value is -3.41. The van der Waals surface area contributed by atoms with Crippen LogP contribution >= 0.6 is 0 Å². The van der Waals surface area contributed by atoms with Gasteiger partial charge in [0.2, 0.25) is 5.95 Å². The van der Waals surface area contributed by atoms with Crippen LogP contribution in [-0.4, -0.2) is 29.1 Å². The van der Waals surface area contributed by atoms with Crippen LogP contribution in [0.5, 0.6) is 0 Å². The molecule has 1 aromatic heterocycles. The minimum absolute atomic E-state index is 0.211. The minimum Gasteiger partial charge on any atom is -0.465 e. The third kappa shape index (κ3) is 4.82. The molecule has 1 heterocycles. The summed E-state index contributed by atoms with van der Waals surface area (Å²) >= 11 is 0. The van der Waals surface area contributed by atoms with Gasteiger partial charge < -0.3 is 15.4 Å². The summed E-state index contributed by atoms with van der Waals surface area (Å²) in [6.07, 6.45) is 0. The second kappa shape index (κ2) is 8.31. The van der Waals surface area contributed by atoms with Crippen molar-refractivity contribution in [3.63, 3.8) is 0 Å². The van der Waals surface area contributed by atoms with Crippen molar-refractivity contribution >= 4 is 23.4 Å². The monoisotopic (exact) mass is 362 g/mol. The quantitative estimate of drug-likeness (QED) is 0.629. The Bertz CT molecular complexity index is 909. The number of nitrogens with one attached hydrogen (secondary N) is 2. The molecule has 6 heteroatoms. The largest absolute Gasteiger partial charge is 0.465 e. The Labute approximate surface area is 158 Å². The van der Waals surface area contributed by atoms with Gasteiger partial charge in [-0.15, -0.1) is 0 Å². The minimum atomic E-state index is -0.363. The van der Waals surface area contributed by atoms with E-state index in [0.29, 0.717) is 17.3 Å². The van der Waals surface area contributed by atoms with Crippen LogP contribution in [0.4, 0.5) is 17.5 Å². The van der Waals surface area contributed by atoms with Gasteiger partial charge in [0.25, 0.3) is 0 Å². The van der Waals surface area contributed by atoms with E-state index in [1.54, 1.807) is 12.1 Å². The van der Waals surface area contributed by atoms with Gasteiger partial charge in [-0.1, -0.05) is 30.3 Å². The van der Waals surface area contributed by atoms with E-state index in [1.165, 1.54) is 7.11 Å². The van der Waals surface area contributed by atoms with E-state index in [-0.39, 0.29) is 12.0 Å². The maximum Gasteiger partial charge on any atom is 0.337 e. The first-order valence-electron chi connectivity index (χ1n) is 8.71. The summed E-state index contributed by atoms with van der Waals surface area (Å²) < 4.78 is 4.72. The molecule has 0 saturated heterocycles. The van der Waals surface area contributed by atoms with Crippen LogP contribution in [0.15, 0.2) is 60.7 Å². The number of esters is 1. The van der Waals surface area contributed by atoms with Gasteiger partial charge in [-0.05, 0) is 38.1 Å². The highest BCUT2D eigenvalue weighted by Gasteiger charge is 2.09. The smallest absolute Gasteiger partial charge is 0.337 e. The molecule has 0 aliphatic carbocycles. The number of rotatable bonds is 6. The SMILES string of the molecule is COC(=O)c1ccc(Nc2cc(-c3ccccc3)nc(NC(C)C)n2)cc1. The third-order valence-electron chi connectivity index (χ3n) is 3.79. The summed E-state index contributed by atoms with van der Waals surface area (Å²) in [5.41, 5.74) is 3.15. The molecule has 0 spiro atoms. The zero-order valence-electron chi connectivity index (χ0n) is 15.6. The first kappa shape index (κ1) is 18.4. The van der Waals surface area contributed by atoms with Crippen LogP contribution in [0.1, 0.15) is 24.2 Å². The average Bonchev–Trinajstić information content (AvgIpc) is 2.68. The maximum atomic E-state index is 11.6. The van der Waals surface area contributed by atoms with E-state index < -0.39 is 0 Å². The summed E-state index contributed by atoms with van der Waals surface area (Å²) in [6.45, 7) is 4.08. The molecule has 0 bridgehead atoms. The van der Waals surface area contributed by atoms with Crippen LogP contribution in [0.2, 0.25) is 0 Å². The molecule has 0 unspecified atom stereocenters. The van der Waals surface area contributed by atoms with Crippen LogP contribution in [-0.2, 0) is 4.74 Å². The van der Waals surface area contributed by atoms with Crippen LogP contribution in [0.3, 0.4) is 0 Å². The highest BCUT2D eigenvalue weighted by molar-refractivity contribution is 5.89. The molecule has 3 rings (SSSR count). The van der Waals surface area contributed by atoms with E-state index in [9.17, 15) is 4.79 Å².